The van der Waals surface area contributed by atoms with Crippen LogP contribution in [0.3, 0.4) is 0 Å². The predicted molar refractivity (Wildman–Crippen MR) is 66.7 cm³/mol. The zero-order valence-corrected chi connectivity index (χ0v) is 10.7. The van der Waals surface area contributed by atoms with E-state index in [0.29, 0.717) is 18.7 Å². The smallest absolute Gasteiger partial charge is 0.333 e. The Hall–Kier alpha value is -1.52. The van der Waals surface area contributed by atoms with E-state index in [9.17, 15) is 9.59 Å². The molecule has 2 amide bonds. The number of rotatable bonds is 8. The number of esters is 1. The molecule has 17 heavy (non-hydrogen) atoms. The normalized spacial score (nSPS) is 9.53. The molecule has 0 aliphatic heterocycles. The van der Waals surface area contributed by atoms with Crippen LogP contribution < -0.4 is 10.6 Å². The fourth-order valence-corrected chi connectivity index (χ4v) is 1.07. The number of amides is 2. The lowest BCUT2D eigenvalue weighted by atomic mass is 10.2. The standard InChI is InChI=1S/C12H22N2O3/c1-4-5-6-7-13-12(16)14-8-9-17-11(15)10(2)3/h2,4-9H2,1,3H3,(H2,13,14,16). The molecule has 0 aromatic carbocycles. The van der Waals surface area contributed by atoms with Gasteiger partial charge in [-0.1, -0.05) is 26.3 Å². The van der Waals surface area contributed by atoms with Crippen LogP contribution in [-0.4, -0.2) is 31.7 Å². The molecule has 0 heterocycles. The Morgan fingerprint density at radius 3 is 2.41 bits per heavy atom. The van der Waals surface area contributed by atoms with Gasteiger partial charge >= 0.3 is 12.0 Å². The minimum absolute atomic E-state index is 0.161. The van der Waals surface area contributed by atoms with Crippen LogP contribution in [0.4, 0.5) is 4.79 Å². The van der Waals surface area contributed by atoms with Crippen molar-refractivity contribution in [1.29, 1.82) is 0 Å². The molecule has 0 fully saturated rings. The lowest BCUT2D eigenvalue weighted by Crippen LogP contribution is -2.38. The van der Waals surface area contributed by atoms with E-state index in [1.807, 2.05) is 0 Å². The number of ether oxygens (including phenoxy) is 1. The summed E-state index contributed by atoms with van der Waals surface area (Å²) < 4.78 is 4.82. The van der Waals surface area contributed by atoms with E-state index < -0.39 is 5.97 Å². The van der Waals surface area contributed by atoms with Gasteiger partial charge in [-0.2, -0.15) is 0 Å². The summed E-state index contributed by atoms with van der Waals surface area (Å²) in [6.07, 6.45) is 3.21. The summed E-state index contributed by atoms with van der Waals surface area (Å²) in [5.41, 5.74) is 0.356. The van der Waals surface area contributed by atoms with E-state index in [1.165, 1.54) is 0 Å². The average molecular weight is 242 g/mol. The van der Waals surface area contributed by atoms with Gasteiger partial charge in [0.2, 0.25) is 0 Å². The van der Waals surface area contributed by atoms with Gasteiger partial charge in [0, 0.05) is 12.1 Å². The molecule has 0 unspecified atom stereocenters. The summed E-state index contributed by atoms with van der Waals surface area (Å²) in [4.78, 5) is 22.2. The van der Waals surface area contributed by atoms with Crippen LogP contribution in [0.15, 0.2) is 12.2 Å². The number of carbonyl (C=O) groups excluding carboxylic acids is 2. The van der Waals surface area contributed by atoms with Crippen LogP contribution in [0, 0.1) is 0 Å². The quantitative estimate of drug-likeness (QED) is 0.386. The average Bonchev–Trinajstić information content (AvgIpc) is 2.29. The van der Waals surface area contributed by atoms with Gasteiger partial charge in [-0.3, -0.25) is 0 Å². The van der Waals surface area contributed by atoms with Crippen molar-refractivity contribution >= 4 is 12.0 Å². The molecule has 0 aliphatic rings. The first-order chi connectivity index (χ1) is 8.07. The van der Waals surface area contributed by atoms with Gasteiger partial charge in [-0.05, 0) is 13.3 Å². The van der Waals surface area contributed by atoms with E-state index in [0.717, 1.165) is 19.3 Å². The number of nitrogens with one attached hydrogen (secondary N) is 2. The molecular formula is C12H22N2O3. The molecule has 0 saturated heterocycles. The van der Waals surface area contributed by atoms with Gasteiger partial charge in [0.25, 0.3) is 0 Å². The van der Waals surface area contributed by atoms with Crippen molar-refractivity contribution in [2.45, 2.75) is 33.1 Å². The van der Waals surface area contributed by atoms with Crippen molar-refractivity contribution in [3.8, 4) is 0 Å². The maximum absolute atomic E-state index is 11.2. The highest BCUT2D eigenvalue weighted by molar-refractivity contribution is 5.86. The van der Waals surface area contributed by atoms with Crippen LogP contribution in [0.25, 0.3) is 0 Å². The molecule has 0 aliphatic carbocycles. The van der Waals surface area contributed by atoms with Gasteiger partial charge in [0.05, 0.1) is 6.54 Å². The lowest BCUT2D eigenvalue weighted by molar-refractivity contribution is -0.138. The maximum Gasteiger partial charge on any atom is 0.333 e. The fraction of sp³-hybridized carbons (Fsp3) is 0.667. The molecule has 2 N–H and O–H groups in total. The Bertz CT molecular complexity index is 264. The Morgan fingerprint density at radius 2 is 1.82 bits per heavy atom. The van der Waals surface area contributed by atoms with Gasteiger partial charge in [0.15, 0.2) is 0 Å². The third-order valence-electron chi connectivity index (χ3n) is 2.04. The van der Waals surface area contributed by atoms with E-state index in [-0.39, 0.29) is 12.6 Å². The van der Waals surface area contributed by atoms with Crippen molar-refractivity contribution in [3.63, 3.8) is 0 Å². The number of hydrogen-bond acceptors (Lipinski definition) is 3. The molecule has 0 atom stereocenters. The van der Waals surface area contributed by atoms with E-state index >= 15 is 0 Å². The van der Waals surface area contributed by atoms with Crippen LogP contribution in [-0.2, 0) is 9.53 Å². The maximum atomic E-state index is 11.2. The van der Waals surface area contributed by atoms with Crippen molar-refractivity contribution in [2.75, 3.05) is 19.7 Å². The van der Waals surface area contributed by atoms with Gasteiger partial charge in [-0.15, -0.1) is 0 Å². The Morgan fingerprint density at radius 1 is 1.18 bits per heavy atom. The summed E-state index contributed by atoms with van der Waals surface area (Å²) in [6.45, 7) is 8.28. The third-order valence-corrected chi connectivity index (χ3v) is 2.04. The number of carbonyl (C=O) groups is 2. The lowest BCUT2D eigenvalue weighted by Gasteiger charge is -2.07. The first kappa shape index (κ1) is 15.5. The van der Waals surface area contributed by atoms with Crippen LogP contribution in [0.5, 0.6) is 0 Å². The van der Waals surface area contributed by atoms with Crippen molar-refractivity contribution < 1.29 is 14.3 Å². The highest BCUT2D eigenvalue weighted by Gasteiger charge is 2.03. The van der Waals surface area contributed by atoms with Gasteiger partial charge < -0.3 is 15.4 Å². The summed E-state index contributed by atoms with van der Waals surface area (Å²) in [5, 5.41) is 5.32. The number of unbranched alkanes of at least 4 members (excludes halogenated alkanes) is 2. The largest absolute Gasteiger partial charge is 0.460 e. The first-order valence-corrected chi connectivity index (χ1v) is 5.92. The summed E-state index contributed by atoms with van der Waals surface area (Å²) >= 11 is 0. The van der Waals surface area contributed by atoms with Crippen LogP contribution >= 0.6 is 0 Å². The minimum atomic E-state index is -0.435. The second-order valence-corrected chi connectivity index (χ2v) is 3.81. The zero-order chi connectivity index (χ0) is 13.1. The molecule has 0 saturated carbocycles. The number of hydrogen-bond donors (Lipinski definition) is 2. The first-order valence-electron chi connectivity index (χ1n) is 5.92. The van der Waals surface area contributed by atoms with Crippen molar-refractivity contribution in [1.82, 2.24) is 10.6 Å². The molecule has 0 aromatic rings. The minimum Gasteiger partial charge on any atom is -0.460 e. The van der Waals surface area contributed by atoms with Gasteiger partial charge in [-0.25, -0.2) is 9.59 Å². The van der Waals surface area contributed by atoms with Crippen LogP contribution in [0.1, 0.15) is 33.1 Å². The Kier molecular flexibility index (Phi) is 8.82. The van der Waals surface area contributed by atoms with Crippen molar-refractivity contribution in [3.05, 3.63) is 12.2 Å². The van der Waals surface area contributed by atoms with Gasteiger partial charge in [0.1, 0.15) is 6.61 Å². The Balaban J connectivity index is 3.39. The molecule has 0 spiro atoms. The molecular weight excluding hydrogens is 220 g/mol. The highest BCUT2D eigenvalue weighted by Crippen LogP contribution is 1.91. The van der Waals surface area contributed by atoms with Crippen LogP contribution in [0.2, 0.25) is 0 Å². The molecule has 0 bridgehead atoms. The molecule has 0 rings (SSSR count). The van der Waals surface area contributed by atoms with Crippen molar-refractivity contribution in [2.24, 2.45) is 0 Å². The fourth-order valence-electron chi connectivity index (χ4n) is 1.07. The Labute approximate surface area is 103 Å². The van der Waals surface area contributed by atoms with E-state index in [2.05, 4.69) is 24.1 Å². The number of urea groups is 1. The summed E-state index contributed by atoms with van der Waals surface area (Å²) in [5.74, 6) is -0.435. The summed E-state index contributed by atoms with van der Waals surface area (Å²) in [6, 6.07) is -0.229. The third kappa shape index (κ3) is 9.41. The molecule has 5 nitrogen and oxygen atoms in total. The predicted octanol–water partition coefficient (Wildman–Crippen LogP) is 1.60. The topological polar surface area (TPSA) is 67.4 Å². The van der Waals surface area contributed by atoms with E-state index in [1.54, 1.807) is 6.92 Å². The second kappa shape index (κ2) is 9.69. The molecule has 0 aromatic heterocycles. The highest BCUT2D eigenvalue weighted by atomic mass is 16.5. The SMILES string of the molecule is C=C(C)C(=O)OCCNC(=O)NCCCCC. The second-order valence-electron chi connectivity index (χ2n) is 3.81. The molecule has 5 heteroatoms. The molecule has 0 radical (unpaired) electrons. The zero-order valence-electron chi connectivity index (χ0n) is 10.7. The van der Waals surface area contributed by atoms with E-state index in [4.69, 9.17) is 4.74 Å². The molecule has 98 valence electrons. The summed E-state index contributed by atoms with van der Waals surface area (Å²) in [7, 11) is 0. The monoisotopic (exact) mass is 242 g/mol.